The van der Waals surface area contributed by atoms with Gasteiger partial charge in [0.05, 0.1) is 6.61 Å². The van der Waals surface area contributed by atoms with Crippen LogP contribution in [0.2, 0.25) is 5.02 Å². The zero-order valence-corrected chi connectivity index (χ0v) is 12.6. The maximum absolute atomic E-state index is 9.31. The predicted octanol–water partition coefficient (Wildman–Crippen LogP) is 2.82. The second-order valence-corrected chi connectivity index (χ2v) is 5.17. The highest BCUT2D eigenvalue weighted by atomic mass is 35.5. The van der Waals surface area contributed by atoms with Crippen molar-refractivity contribution >= 4 is 11.6 Å². The Hall–Kier alpha value is -0.610. The molecule has 0 heterocycles. The molecule has 0 saturated carbocycles. The molecule has 3 N–H and O–H groups in total. The summed E-state index contributed by atoms with van der Waals surface area (Å²) >= 11 is 5.93. The van der Waals surface area contributed by atoms with E-state index in [9.17, 15) is 5.11 Å². The molecule has 1 aromatic rings. The largest absolute Gasteiger partial charge is 0.395 e. The van der Waals surface area contributed by atoms with Crippen LogP contribution >= 0.6 is 11.6 Å². The predicted molar refractivity (Wildman–Crippen MR) is 81.4 cm³/mol. The Balaban J connectivity index is 2.98. The number of halogens is 1. The Bertz CT molecular complexity index is 352. The molecule has 0 aliphatic rings. The van der Waals surface area contributed by atoms with Gasteiger partial charge in [-0.05, 0) is 30.5 Å². The van der Waals surface area contributed by atoms with Crippen molar-refractivity contribution in [1.29, 1.82) is 0 Å². The summed E-state index contributed by atoms with van der Waals surface area (Å²) in [5.74, 6) is 0. The SMILES string of the molecule is CCC(CC)N(CCO)C(CN)c1ccc(Cl)cc1. The molecule has 0 aliphatic heterocycles. The van der Waals surface area contributed by atoms with Gasteiger partial charge in [-0.1, -0.05) is 37.6 Å². The van der Waals surface area contributed by atoms with Crippen molar-refractivity contribution in [2.75, 3.05) is 19.7 Å². The Labute approximate surface area is 121 Å². The lowest BCUT2D eigenvalue weighted by molar-refractivity contribution is 0.0995. The first kappa shape index (κ1) is 16.4. The highest BCUT2D eigenvalue weighted by Crippen LogP contribution is 2.25. The molecule has 0 fully saturated rings. The molecule has 19 heavy (non-hydrogen) atoms. The van der Waals surface area contributed by atoms with Gasteiger partial charge in [0.2, 0.25) is 0 Å². The van der Waals surface area contributed by atoms with E-state index in [0.29, 0.717) is 19.1 Å². The first-order valence-corrected chi connectivity index (χ1v) is 7.37. The van der Waals surface area contributed by atoms with Gasteiger partial charge in [-0.15, -0.1) is 0 Å². The minimum Gasteiger partial charge on any atom is -0.395 e. The van der Waals surface area contributed by atoms with E-state index in [1.165, 1.54) is 0 Å². The molecule has 0 radical (unpaired) electrons. The zero-order valence-electron chi connectivity index (χ0n) is 11.8. The van der Waals surface area contributed by atoms with Gasteiger partial charge in [-0.3, -0.25) is 4.90 Å². The van der Waals surface area contributed by atoms with E-state index in [1.807, 2.05) is 24.3 Å². The molecule has 0 spiro atoms. The minimum atomic E-state index is 0.134. The third-order valence-corrected chi connectivity index (χ3v) is 3.90. The van der Waals surface area contributed by atoms with Gasteiger partial charge in [0.25, 0.3) is 0 Å². The number of nitrogens with two attached hydrogens (primary N) is 1. The van der Waals surface area contributed by atoms with Crippen LogP contribution in [0.1, 0.15) is 38.3 Å². The number of rotatable bonds is 8. The molecular formula is C15H25ClN2O. The lowest BCUT2D eigenvalue weighted by Gasteiger charge is -2.37. The maximum atomic E-state index is 9.31. The third kappa shape index (κ3) is 4.46. The van der Waals surface area contributed by atoms with Crippen LogP contribution in [0.5, 0.6) is 0 Å². The molecule has 0 aromatic heterocycles. The smallest absolute Gasteiger partial charge is 0.0558 e. The molecule has 1 aromatic carbocycles. The average Bonchev–Trinajstić information content (AvgIpc) is 2.43. The van der Waals surface area contributed by atoms with Crippen LogP contribution in [-0.4, -0.2) is 35.7 Å². The minimum absolute atomic E-state index is 0.134. The Morgan fingerprint density at radius 1 is 1.21 bits per heavy atom. The van der Waals surface area contributed by atoms with Crippen LogP contribution < -0.4 is 5.73 Å². The summed E-state index contributed by atoms with van der Waals surface area (Å²) in [6.45, 7) is 5.69. The van der Waals surface area contributed by atoms with Gasteiger partial charge in [0, 0.05) is 30.2 Å². The molecular weight excluding hydrogens is 260 g/mol. The van der Waals surface area contributed by atoms with E-state index in [-0.39, 0.29) is 12.6 Å². The van der Waals surface area contributed by atoms with Gasteiger partial charge in [0.1, 0.15) is 0 Å². The highest BCUT2D eigenvalue weighted by molar-refractivity contribution is 6.30. The van der Waals surface area contributed by atoms with Gasteiger partial charge in [-0.25, -0.2) is 0 Å². The highest BCUT2D eigenvalue weighted by Gasteiger charge is 2.24. The maximum Gasteiger partial charge on any atom is 0.0558 e. The van der Waals surface area contributed by atoms with Crippen LogP contribution in [0.25, 0.3) is 0 Å². The molecule has 108 valence electrons. The fourth-order valence-electron chi connectivity index (χ4n) is 2.61. The molecule has 0 bridgehead atoms. The molecule has 1 atom stereocenters. The van der Waals surface area contributed by atoms with Crippen LogP contribution in [0, 0.1) is 0 Å². The summed E-state index contributed by atoms with van der Waals surface area (Å²) in [7, 11) is 0. The number of hydrogen-bond donors (Lipinski definition) is 2. The van der Waals surface area contributed by atoms with E-state index in [2.05, 4.69) is 18.7 Å². The molecule has 4 heteroatoms. The Morgan fingerprint density at radius 3 is 2.21 bits per heavy atom. The number of hydrogen-bond acceptors (Lipinski definition) is 3. The van der Waals surface area contributed by atoms with Crippen molar-refractivity contribution in [3.8, 4) is 0 Å². The van der Waals surface area contributed by atoms with E-state index >= 15 is 0 Å². The van der Waals surface area contributed by atoms with Gasteiger partial charge in [0.15, 0.2) is 0 Å². The van der Waals surface area contributed by atoms with Crippen molar-refractivity contribution in [2.24, 2.45) is 5.73 Å². The summed E-state index contributed by atoms with van der Waals surface area (Å²) in [5.41, 5.74) is 7.12. The molecule has 0 saturated heterocycles. The molecule has 1 rings (SSSR count). The lowest BCUT2D eigenvalue weighted by atomic mass is 10.0. The standard InChI is InChI=1S/C15H25ClN2O/c1-3-14(4-2)18(9-10-19)15(11-17)12-5-7-13(16)8-6-12/h5-8,14-15,19H,3-4,9-11,17H2,1-2H3. The monoisotopic (exact) mass is 284 g/mol. The topological polar surface area (TPSA) is 49.5 Å². The van der Waals surface area contributed by atoms with E-state index in [0.717, 1.165) is 23.4 Å². The van der Waals surface area contributed by atoms with Crippen molar-refractivity contribution < 1.29 is 5.11 Å². The van der Waals surface area contributed by atoms with Gasteiger partial charge < -0.3 is 10.8 Å². The van der Waals surface area contributed by atoms with E-state index < -0.39 is 0 Å². The second-order valence-electron chi connectivity index (χ2n) is 4.73. The molecule has 1 unspecified atom stereocenters. The normalized spacial score (nSPS) is 13.2. The second kappa shape index (κ2) is 8.54. The summed E-state index contributed by atoms with van der Waals surface area (Å²) < 4.78 is 0. The fourth-order valence-corrected chi connectivity index (χ4v) is 2.74. The Kier molecular flexibility index (Phi) is 7.39. The quantitative estimate of drug-likeness (QED) is 0.772. The van der Waals surface area contributed by atoms with Crippen LogP contribution in [0.4, 0.5) is 0 Å². The number of aliphatic hydroxyl groups excluding tert-OH is 1. The summed E-state index contributed by atoms with van der Waals surface area (Å²) in [6, 6.07) is 8.40. The van der Waals surface area contributed by atoms with Crippen molar-refractivity contribution in [3.63, 3.8) is 0 Å². The molecule has 3 nitrogen and oxygen atoms in total. The lowest BCUT2D eigenvalue weighted by Crippen LogP contribution is -2.42. The Morgan fingerprint density at radius 2 is 1.79 bits per heavy atom. The third-order valence-electron chi connectivity index (χ3n) is 3.65. The van der Waals surface area contributed by atoms with Crippen LogP contribution in [-0.2, 0) is 0 Å². The molecule has 0 aliphatic carbocycles. The summed E-state index contributed by atoms with van der Waals surface area (Å²) in [4.78, 5) is 2.31. The molecule has 0 amide bonds. The van der Waals surface area contributed by atoms with Gasteiger partial charge in [-0.2, -0.15) is 0 Å². The van der Waals surface area contributed by atoms with Gasteiger partial charge >= 0.3 is 0 Å². The van der Waals surface area contributed by atoms with E-state index in [4.69, 9.17) is 17.3 Å². The fraction of sp³-hybridized carbons (Fsp3) is 0.600. The zero-order chi connectivity index (χ0) is 14.3. The van der Waals surface area contributed by atoms with Crippen molar-refractivity contribution in [2.45, 2.75) is 38.8 Å². The average molecular weight is 285 g/mol. The van der Waals surface area contributed by atoms with Crippen LogP contribution in [0.15, 0.2) is 24.3 Å². The van der Waals surface area contributed by atoms with E-state index in [1.54, 1.807) is 0 Å². The first-order chi connectivity index (χ1) is 9.17. The summed E-state index contributed by atoms with van der Waals surface area (Å²) in [5, 5.41) is 10.0. The van der Waals surface area contributed by atoms with Crippen molar-refractivity contribution in [3.05, 3.63) is 34.9 Å². The first-order valence-electron chi connectivity index (χ1n) is 7.00. The number of aliphatic hydroxyl groups is 1. The summed E-state index contributed by atoms with van der Waals surface area (Å²) in [6.07, 6.45) is 2.11. The van der Waals surface area contributed by atoms with Crippen molar-refractivity contribution in [1.82, 2.24) is 4.90 Å². The number of benzene rings is 1. The van der Waals surface area contributed by atoms with Crippen LogP contribution in [0.3, 0.4) is 0 Å². The number of nitrogens with zero attached hydrogens (tertiary/aromatic N) is 1.